The lowest BCUT2D eigenvalue weighted by atomic mass is 9.79. The molecule has 2 heteroatoms. The van der Waals surface area contributed by atoms with Gasteiger partial charge >= 0.3 is 0 Å². The van der Waals surface area contributed by atoms with Crippen molar-refractivity contribution in [3.8, 4) is 0 Å². The van der Waals surface area contributed by atoms with Crippen LogP contribution in [-0.4, -0.2) is 25.8 Å². The molecule has 2 rings (SSSR count). The summed E-state index contributed by atoms with van der Waals surface area (Å²) in [7, 11) is 1.94. The molecule has 0 aliphatic heterocycles. The Morgan fingerprint density at radius 3 is 2.11 bits per heavy atom. The zero-order valence-electron chi connectivity index (χ0n) is 13.0. The molecular weight excluding hydrogens is 234 g/mol. The maximum absolute atomic E-state index is 6.00. The van der Waals surface area contributed by atoms with Gasteiger partial charge in [-0.25, -0.2) is 0 Å². The fourth-order valence-corrected chi connectivity index (χ4v) is 4.27. The second-order valence-corrected chi connectivity index (χ2v) is 6.62. The Labute approximate surface area is 119 Å². The normalized spacial score (nSPS) is 25.6. The van der Waals surface area contributed by atoms with E-state index in [-0.39, 0.29) is 0 Å². The van der Waals surface area contributed by atoms with Crippen molar-refractivity contribution < 1.29 is 4.74 Å². The van der Waals surface area contributed by atoms with Crippen molar-refractivity contribution in [2.24, 2.45) is 11.8 Å². The van der Waals surface area contributed by atoms with Gasteiger partial charge in [-0.1, -0.05) is 39.0 Å². The molecule has 0 aromatic carbocycles. The minimum atomic E-state index is 0.454. The molecule has 112 valence electrons. The fraction of sp³-hybridized carbons (Fsp3) is 1.00. The third-order valence-electron chi connectivity index (χ3n) is 5.28. The molecule has 2 unspecified atom stereocenters. The summed E-state index contributed by atoms with van der Waals surface area (Å²) in [6, 6.07) is 0.607. The Morgan fingerprint density at radius 2 is 1.53 bits per heavy atom. The van der Waals surface area contributed by atoms with Gasteiger partial charge in [-0.15, -0.1) is 0 Å². The number of nitrogens with one attached hydrogen (secondary N) is 1. The fourth-order valence-electron chi connectivity index (χ4n) is 4.27. The van der Waals surface area contributed by atoms with Crippen molar-refractivity contribution in [2.75, 3.05) is 13.7 Å². The Bertz CT molecular complexity index is 231. The Kier molecular flexibility index (Phi) is 6.66. The largest absolute Gasteiger partial charge is 0.380 e. The number of ether oxygens (including phenoxy) is 1. The first-order chi connectivity index (χ1) is 9.36. The summed E-state index contributed by atoms with van der Waals surface area (Å²) in [5.41, 5.74) is 0. The molecule has 0 aromatic heterocycles. The summed E-state index contributed by atoms with van der Waals surface area (Å²) >= 11 is 0. The standard InChI is InChI=1S/C17H33NO/c1-3-13-18-16(14-9-7-8-10-14)17(19-2)15-11-5-4-6-12-15/h14-18H,3-13H2,1-2H3. The van der Waals surface area contributed by atoms with Crippen LogP contribution in [-0.2, 0) is 4.74 Å². The minimum Gasteiger partial charge on any atom is -0.380 e. The molecule has 2 nitrogen and oxygen atoms in total. The molecule has 0 heterocycles. The van der Waals surface area contributed by atoms with Crippen LogP contribution < -0.4 is 5.32 Å². The molecule has 0 spiro atoms. The van der Waals surface area contributed by atoms with Gasteiger partial charge in [0.25, 0.3) is 0 Å². The quantitative estimate of drug-likeness (QED) is 0.748. The van der Waals surface area contributed by atoms with Crippen LogP contribution in [0.15, 0.2) is 0 Å². The molecular formula is C17H33NO. The SMILES string of the molecule is CCCNC(C1CCCC1)C(OC)C1CCCCC1. The number of methoxy groups -OCH3 is 1. The molecule has 0 aromatic rings. The van der Waals surface area contributed by atoms with E-state index in [2.05, 4.69) is 12.2 Å². The number of hydrogen-bond donors (Lipinski definition) is 1. The summed E-state index contributed by atoms with van der Waals surface area (Å²) in [5, 5.41) is 3.83. The lowest BCUT2D eigenvalue weighted by Crippen LogP contribution is -2.49. The minimum absolute atomic E-state index is 0.454. The van der Waals surface area contributed by atoms with E-state index in [9.17, 15) is 0 Å². The monoisotopic (exact) mass is 267 g/mol. The van der Waals surface area contributed by atoms with Crippen LogP contribution in [0.3, 0.4) is 0 Å². The molecule has 19 heavy (non-hydrogen) atoms. The van der Waals surface area contributed by atoms with Crippen LogP contribution in [0, 0.1) is 11.8 Å². The highest BCUT2D eigenvalue weighted by Crippen LogP contribution is 2.35. The summed E-state index contributed by atoms with van der Waals surface area (Å²) < 4.78 is 6.00. The molecule has 2 fully saturated rings. The highest BCUT2D eigenvalue weighted by Gasteiger charge is 2.36. The molecule has 2 atom stereocenters. The third-order valence-corrected chi connectivity index (χ3v) is 5.28. The second kappa shape index (κ2) is 8.26. The zero-order chi connectivity index (χ0) is 13.5. The third kappa shape index (κ3) is 4.19. The van der Waals surface area contributed by atoms with Gasteiger partial charge in [-0.05, 0) is 50.5 Å². The van der Waals surface area contributed by atoms with E-state index >= 15 is 0 Å². The van der Waals surface area contributed by atoms with Crippen molar-refractivity contribution in [1.82, 2.24) is 5.32 Å². The molecule has 0 radical (unpaired) electrons. The van der Waals surface area contributed by atoms with E-state index in [1.807, 2.05) is 7.11 Å². The maximum atomic E-state index is 6.00. The highest BCUT2D eigenvalue weighted by atomic mass is 16.5. The van der Waals surface area contributed by atoms with E-state index in [0.717, 1.165) is 18.4 Å². The van der Waals surface area contributed by atoms with Crippen molar-refractivity contribution >= 4 is 0 Å². The van der Waals surface area contributed by atoms with Gasteiger partial charge in [-0.2, -0.15) is 0 Å². The highest BCUT2D eigenvalue weighted by molar-refractivity contribution is 4.91. The van der Waals surface area contributed by atoms with Crippen molar-refractivity contribution in [3.63, 3.8) is 0 Å². The van der Waals surface area contributed by atoms with Crippen LogP contribution in [0.5, 0.6) is 0 Å². The molecule has 2 saturated carbocycles. The first-order valence-corrected chi connectivity index (χ1v) is 8.63. The molecule has 0 saturated heterocycles. The molecule has 0 amide bonds. The molecule has 2 aliphatic rings. The van der Waals surface area contributed by atoms with Crippen molar-refractivity contribution in [1.29, 1.82) is 0 Å². The van der Waals surface area contributed by atoms with Crippen LogP contribution in [0.4, 0.5) is 0 Å². The summed E-state index contributed by atoms with van der Waals surface area (Å²) in [4.78, 5) is 0. The first-order valence-electron chi connectivity index (χ1n) is 8.63. The smallest absolute Gasteiger partial charge is 0.0755 e. The van der Waals surface area contributed by atoms with Crippen LogP contribution in [0.1, 0.15) is 71.1 Å². The number of hydrogen-bond acceptors (Lipinski definition) is 2. The van der Waals surface area contributed by atoms with Crippen LogP contribution in [0.25, 0.3) is 0 Å². The van der Waals surface area contributed by atoms with E-state index in [1.165, 1.54) is 64.2 Å². The predicted molar refractivity (Wildman–Crippen MR) is 81.4 cm³/mol. The average molecular weight is 267 g/mol. The molecule has 1 N–H and O–H groups in total. The van der Waals surface area contributed by atoms with Gasteiger partial charge in [0.2, 0.25) is 0 Å². The van der Waals surface area contributed by atoms with Gasteiger partial charge < -0.3 is 10.1 Å². The topological polar surface area (TPSA) is 21.3 Å². The first kappa shape index (κ1) is 15.3. The van der Waals surface area contributed by atoms with Gasteiger partial charge in [-0.3, -0.25) is 0 Å². The van der Waals surface area contributed by atoms with E-state index in [0.29, 0.717) is 12.1 Å². The van der Waals surface area contributed by atoms with Crippen LogP contribution in [0.2, 0.25) is 0 Å². The summed E-state index contributed by atoms with van der Waals surface area (Å²) in [5.74, 6) is 1.66. The number of rotatable bonds is 7. The molecule has 0 bridgehead atoms. The van der Waals surface area contributed by atoms with Crippen molar-refractivity contribution in [3.05, 3.63) is 0 Å². The second-order valence-electron chi connectivity index (χ2n) is 6.62. The average Bonchev–Trinajstić information content (AvgIpc) is 2.98. The van der Waals surface area contributed by atoms with Crippen molar-refractivity contribution in [2.45, 2.75) is 83.3 Å². The summed E-state index contributed by atoms with van der Waals surface area (Å²) in [6.07, 6.45) is 14.4. The lowest BCUT2D eigenvalue weighted by Gasteiger charge is -2.38. The Morgan fingerprint density at radius 1 is 0.947 bits per heavy atom. The van der Waals surface area contributed by atoms with Gasteiger partial charge in [0.15, 0.2) is 0 Å². The molecule has 2 aliphatic carbocycles. The van der Waals surface area contributed by atoms with Gasteiger partial charge in [0, 0.05) is 13.2 Å². The van der Waals surface area contributed by atoms with E-state index < -0.39 is 0 Å². The Balaban J connectivity index is 1.99. The maximum Gasteiger partial charge on any atom is 0.0755 e. The van der Waals surface area contributed by atoms with E-state index in [1.54, 1.807) is 0 Å². The summed E-state index contributed by atoms with van der Waals surface area (Å²) in [6.45, 7) is 3.41. The Hall–Kier alpha value is -0.0800. The van der Waals surface area contributed by atoms with Gasteiger partial charge in [0.05, 0.1) is 6.10 Å². The lowest BCUT2D eigenvalue weighted by molar-refractivity contribution is -0.00713. The van der Waals surface area contributed by atoms with E-state index in [4.69, 9.17) is 4.74 Å². The zero-order valence-corrected chi connectivity index (χ0v) is 13.0. The predicted octanol–water partition coefficient (Wildman–Crippen LogP) is 4.14. The van der Waals surface area contributed by atoms with Gasteiger partial charge in [0.1, 0.15) is 0 Å². The van der Waals surface area contributed by atoms with Crippen LogP contribution >= 0.6 is 0 Å².